The number of hydrogen-bond acceptors (Lipinski definition) is 2. The molecule has 0 saturated heterocycles. The van der Waals surface area contributed by atoms with Gasteiger partial charge in [0.05, 0.1) is 0 Å². The first-order chi connectivity index (χ1) is 9.61. The van der Waals surface area contributed by atoms with Gasteiger partial charge < -0.3 is 10.2 Å². The topological polar surface area (TPSA) is 40.5 Å². The Morgan fingerprint density at radius 1 is 0.800 bits per heavy atom. The molecular formula is C18H20O2. The van der Waals surface area contributed by atoms with E-state index in [0.717, 1.165) is 24.0 Å². The highest BCUT2D eigenvalue weighted by Crippen LogP contribution is 2.31. The molecule has 104 valence electrons. The quantitative estimate of drug-likeness (QED) is 0.780. The summed E-state index contributed by atoms with van der Waals surface area (Å²) in [6, 6.07) is 14.6. The first-order valence-electron chi connectivity index (χ1n) is 6.90. The minimum atomic E-state index is 0.281. The van der Waals surface area contributed by atoms with E-state index in [2.05, 4.69) is 13.8 Å². The zero-order valence-electron chi connectivity index (χ0n) is 11.9. The summed E-state index contributed by atoms with van der Waals surface area (Å²) in [5.41, 5.74) is 4.73. The smallest absolute Gasteiger partial charge is 0.115 e. The molecule has 0 unspecified atom stereocenters. The van der Waals surface area contributed by atoms with Crippen LogP contribution in [-0.4, -0.2) is 10.2 Å². The fourth-order valence-electron chi connectivity index (χ4n) is 2.35. The van der Waals surface area contributed by atoms with Crippen LogP contribution in [0.3, 0.4) is 0 Å². The van der Waals surface area contributed by atoms with Crippen molar-refractivity contribution < 1.29 is 10.2 Å². The van der Waals surface area contributed by atoms with E-state index in [0.29, 0.717) is 0 Å². The molecule has 0 fully saturated rings. The zero-order valence-corrected chi connectivity index (χ0v) is 11.9. The molecule has 0 aliphatic rings. The highest BCUT2D eigenvalue weighted by Gasteiger charge is 2.07. The van der Waals surface area contributed by atoms with Crippen LogP contribution < -0.4 is 0 Å². The minimum absolute atomic E-state index is 0.281. The molecule has 0 atom stereocenters. The van der Waals surface area contributed by atoms with Gasteiger partial charge in [0.1, 0.15) is 11.5 Å². The molecule has 20 heavy (non-hydrogen) atoms. The summed E-state index contributed by atoms with van der Waals surface area (Å²) in [5.74, 6) is 0.565. The van der Waals surface area contributed by atoms with Crippen LogP contribution in [0, 0.1) is 0 Å². The highest BCUT2D eigenvalue weighted by atomic mass is 16.3. The van der Waals surface area contributed by atoms with Gasteiger partial charge >= 0.3 is 0 Å². The lowest BCUT2D eigenvalue weighted by atomic mass is 9.92. The average molecular weight is 268 g/mol. The Bertz CT molecular complexity index is 592. The summed E-state index contributed by atoms with van der Waals surface area (Å²) >= 11 is 0. The van der Waals surface area contributed by atoms with E-state index < -0.39 is 0 Å². The van der Waals surface area contributed by atoms with E-state index in [1.807, 2.05) is 24.3 Å². The second-order valence-electron chi connectivity index (χ2n) is 4.95. The number of hydrogen-bond donors (Lipinski definition) is 2. The van der Waals surface area contributed by atoms with Crippen LogP contribution in [0.5, 0.6) is 11.5 Å². The summed E-state index contributed by atoms with van der Waals surface area (Å²) < 4.78 is 0. The van der Waals surface area contributed by atoms with Crippen LogP contribution in [0.2, 0.25) is 0 Å². The number of aromatic hydroxyl groups is 2. The van der Waals surface area contributed by atoms with Crippen molar-refractivity contribution in [1.82, 2.24) is 0 Å². The molecule has 0 aliphatic heterocycles. The second kappa shape index (κ2) is 6.29. The van der Waals surface area contributed by atoms with Gasteiger partial charge in [-0.15, -0.1) is 0 Å². The van der Waals surface area contributed by atoms with Crippen molar-refractivity contribution in [2.75, 3.05) is 0 Å². The molecule has 0 aromatic heterocycles. The lowest BCUT2D eigenvalue weighted by Gasteiger charge is -2.13. The first-order valence-corrected chi connectivity index (χ1v) is 6.90. The van der Waals surface area contributed by atoms with Crippen molar-refractivity contribution in [1.29, 1.82) is 0 Å². The lowest BCUT2D eigenvalue weighted by Crippen LogP contribution is -1.90. The Kier molecular flexibility index (Phi) is 4.46. The van der Waals surface area contributed by atoms with Gasteiger partial charge in [-0.1, -0.05) is 37.6 Å². The van der Waals surface area contributed by atoms with Gasteiger partial charge in [-0.05, 0) is 59.9 Å². The molecule has 0 heterocycles. The Labute approximate surface area is 120 Å². The maximum atomic E-state index is 9.41. The third-order valence-corrected chi connectivity index (χ3v) is 3.47. The highest BCUT2D eigenvalue weighted by molar-refractivity contribution is 5.90. The number of phenolic OH excluding ortho intramolecular Hbond substituents is 2. The fraction of sp³-hybridized carbons (Fsp3) is 0.222. The van der Waals surface area contributed by atoms with E-state index in [1.165, 1.54) is 11.1 Å². The monoisotopic (exact) mass is 268 g/mol. The summed E-state index contributed by atoms with van der Waals surface area (Å²) in [4.78, 5) is 0. The summed E-state index contributed by atoms with van der Waals surface area (Å²) in [6.45, 7) is 4.26. The first kappa shape index (κ1) is 14.2. The van der Waals surface area contributed by atoms with E-state index in [-0.39, 0.29) is 11.5 Å². The van der Waals surface area contributed by atoms with Crippen LogP contribution in [-0.2, 0) is 0 Å². The van der Waals surface area contributed by atoms with Crippen LogP contribution in [0.15, 0.2) is 48.5 Å². The van der Waals surface area contributed by atoms with E-state index >= 15 is 0 Å². The van der Waals surface area contributed by atoms with E-state index in [9.17, 15) is 10.2 Å². The summed E-state index contributed by atoms with van der Waals surface area (Å²) in [5, 5.41) is 18.8. The molecule has 2 nitrogen and oxygen atoms in total. The number of rotatable bonds is 4. The SMILES string of the molecule is CCC/C(=C(\C)c1ccc(O)cc1)c1ccc(O)cc1. The minimum Gasteiger partial charge on any atom is -0.508 e. The van der Waals surface area contributed by atoms with E-state index in [1.54, 1.807) is 24.3 Å². The molecular weight excluding hydrogens is 248 g/mol. The zero-order chi connectivity index (χ0) is 14.5. The van der Waals surface area contributed by atoms with Crippen LogP contribution in [0.1, 0.15) is 37.8 Å². The summed E-state index contributed by atoms with van der Waals surface area (Å²) in [6.07, 6.45) is 2.04. The number of allylic oxidation sites excluding steroid dienone is 2. The van der Waals surface area contributed by atoms with Crippen molar-refractivity contribution in [2.45, 2.75) is 26.7 Å². The summed E-state index contributed by atoms with van der Waals surface area (Å²) in [7, 11) is 0. The molecule has 2 heteroatoms. The third kappa shape index (κ3) is 3.21. The van der Waals surface area contributed by atoms with Crippen molar-refractivity contribution in [3.05, 3.63) is 59.7 Å². The molecule has 0 bridgehead atoms. The average Bonchev–Trinajstić information content (AvgIpc) is 2.46. The van der Waals surface area contributed by atoms with Gasteiger partial charge in [0.25, 0.3) is 0 Å². The molecule has 2 aromatic rings. The van der Waals surface area contributed by atoms with Crippen LogP contribution >= 0.6 is 0 Å². The van der Waals surface area contributed by atoms with Crippen LogP contribution in [0.4, 0.5) is 0 Å². The Hall–Kier alpha value is -2.22. The predicted octanol–water partition coefficient (Wildman–Crippen LogP) is 4.83. The number of benzene rings is 2. The van der Waals surface area contributed by atoms with Crippen molar-refractivity contribution >= 4 is 11.1 Å². The van der Waals surface area contributed by atoms with Gasteiger partial charge in [0, 0.05) is 0 Å². The number of phenols is 2. The van der Waals surface area contributed by atoms with Crippen LogP contribution in [0.25, 0.3) is 11.1 Å². The Balaban J connectivity index is 2.47. The Morgan fingerprint density at radius 2 is 1.25 bits per heavy atom. The van der Waals surface area contributed by atoms with Crippen molar-refractivity contribution in [3.63, 3.8) is 0 Å². The lowest BCUT2D eigenvalue weighted by molar-refractivity contribution is 0.474. The molecule has 2 N–H and O–H groups in total. The van der Waals surface area contributed by atoms with Gasteiger partial charge in [0.2, 0.25) is 0 Å². The van der Waals surface area contributed by atoms with E-state index in [4.69, 9.17) is 0 Å². The van der Waals surface area contributed by atoms with Gasteiger partial charge in [0.15, 0.2) is 0 Å². The maximum Gasteiger partial charge on any atom is 0.115 e. The largest absolute Gasteiger partial charge is 0.508 e. The molecule has 2 rings (SSSR count). The predicted molar refractivity (Wildman–Crippen MR) is 83.6 cm³/mol. The van der Waals surface area contributed by atoms with Gasteiger partial charge in [-0.25, -0.2) is 0 Å². The van der Waals surface area contributed by atoms with Crippen molar-refractivity contribution in [3.8, 4) is 11.5 Å². The Morgan fingerprint density at radius 3 is 1.70 bits per heavy atom. The normalized spacial score (nSPS) is 12.1. The molecule has 0 saturated carbocycles. The maximum absolute atomic E-state index is 9.41. The standard InChI is InChI=1S/C18H20O2/c1-3-4-18(15-7-11-17(20)12-8-15)13(2)14-5-9-16(19)10-6-14/h5-12,19-20H,3-4H2,1-2H3/b18-13-. The molecule has 0 amide bonds. The van der Waals surface area contributed by atoms with Gasteiger partial charge in [-0.2, -0.15) is 0 Å². The van der Waals surface area contributed by atoms with Gasteiger partial charge in [-0.3, -0.25) is 0 Å². The molecule has 0 aliphatic carbocycles. The second-order valence-corrected chi connectivity index (χ2v) is 4.95. The third-order valence-electron chi connectivity index (χ3n) is 3.47. The fourth-order valence-corrected chi connectivity index (χ4v) is 2.35. The molecule has 0 radical (unpaired) electrons. The molecule has 0 spiro atoms. The van der Waals surface area contributed by atoms with Crippen molar-refractivity contribution in [2.24, 2.45) is 0 Å². The molecule has 2 aromatic carbocycles.